The SMILES string of the molecule is Cc1ccc2c(CC(=O)[C@@H]3CC34CC4)c(F)ccc2c1Oc1ncccc1-c1ccnc(N[C@H]2CCCNC2)n1. The van der Waals surface area contributed by atoms with Gasteiger partial charge in [0.05, 0.1) is 11.3 Å². The van der Waals surface area contributed by atoms with E-state index in [0.29, 0.717) is 34.2 Å². The molecule has 1 aliphatic heterocycles. The lowest BCUT2D eigenvalue weighted by molar-refractivity contribution is -0.120. The second kappa shape index (κ2) is 9.93. The maximum Gasteiger partial charge on any atom is 0.228 e. The molecule has 2 aromatic carbocycles. The first-order chi connectivity index (χ1) is 19.5. The number of pyridine rings is 1. The van der Waals surface area contributed by atoms with Gasteiger partial charge in [-0.05, 0) is 92.3 Å². The van der Waals surface area contributed by atoms with E-state index in [0.717, 1.165) is 61.7 Å². The summed E-state index contributed by atoms with van der Waals surface area (Å²) in [5, 5.41) is 8.29. The van der Waals surface area contributed by atoms with Crippen molar-refractivity contribution in [2.24, 2.45) is 11.3 Å². The molecule has 1 saturated heterocycles. The highest BCUT2D eigenvalue weighted by molar-refractivity contribution is 5.97. The second-order valence-corrected chi connectivity index (χ2v) is 11.5. The van der Waals surface area contributed by atoms with Gasteiger partial charge in [0.25, 0.3) is 0 Å². The summed E-state index contributed by atoms with van der Waals surface area (Å²) < 4.78 is 21.6. The molecule has 0 radical (unpaired) electrons. The lowest BCUT2D eigenvalue weighted by Crippen LogP contribution is -2.38. The molecule has 3 heterocycles. The number of nitrogens with one attached hydrogen (secondary N) is 2. The summed E-state index contributed by atoms with van der Waals surface area (Å²) in [4.78, 5) is 26.7. The van der Waals surface area contributed by atoms with Crippen molar-refractivity contribution in [1.82, 2.24) is 20.3 Å². The van der Waals surface area contributed by atoms with E-state index in [1.807, 2.05) is 37.3 Å². The fraction of sp³-hybridized carbons (Fsp3) is 0.375. The molecule has 0 unspecified atom stereocenters. The van der Waals surface area contributed by atoms with Crippen LogP contribution in [0.2, 0.25) is 0 Å². The predicted octanol–water partition coefficient (Wildman–Crippen LogP) is 6.01. The highest BCUT2D eigenvalue weighted by Crippen LogP contribution is 2.71. The van der Waals surface area contributed by atoms with Crippen molar-refractivity contribution in [2.45, 2.75) is 51.5 Å². The number of piperidine rings is 1. The summed E-state index contributed by atoms with van der Waals surface area (Å²) >= 11 is 0. The monoisotopic (exact) mass is 537 g/mol. The number of aromatic nitrogens is 3. The molecule has 2 atom stereocenters. The minimum Gasteiger partial charge on any atom is -0.437 e. The number of carbonyl (C=O) groups is 1. The van der Waals surface area contributed by atoms with E-state index >= 15 is 4.39 Å². The molecular formula is C32H32FN5O2. The number of aryl methyl sites for hydroxylation is 1. The molecule has 1 spiro atoms. The van der Waals surface area contributed by atoms with Crippen molar-refractivity contribution in [1.29, 1.82) is 0 Å². The Morgan fingerprint density at radius 2 is 2.00 bits per heavy atom. The number of nitrogens with zero attached hydrogens (tertiary/aromatic N) is 3. The van der Waals surface area contributed by atoms with Crippen LogP contribution in [-0.2, 0) is 11.2 Å². The first-order valence-electron chi connectivity index (χ1n) is 14.2. The van der Waals surface area contributed by atoms with Gasteiger partial charge in [0.1, 0.15) is 17.3 Å². The lowest BCUT2D eigenvalue weighted by atomic mass is 9.96. The van der Waals surface area contributed by atoms with E-state index in [-0.39, 0.29) is 35.4 Å². The topological polar surface area (TPSA) is 89.0 Å². The summed E-state index contributed by atoms with van der Waals surface area (Å²) in [6, 6.07) is 12.9. The van der Waals surface area contributed by atoms with Gasteiger partial charge >= 0.3 is 0 Å². The van der Waals surface area contributed by atoms with Crippen molar-refractivity contribution in [3.05, 3.63) is 71.8 Å². The van der Waals surface area contributed by atoms with E-state index in [9.17, 15) is 4.79 Å². The molecule has 4 aromatic rings. The number of benzene rings is 2. The molecule has 3 fully saturated rings. The number of fused-ring (bicyclic) bond motifs is 1. The van der Waals surface area contributed by atoms with Crippen LogP contribution in [0.3, 0.4) is 0 Å². The molecule has 204 valence electrons. The number of hydrogen-bond donors (Lipinski definition) is 2. The number of anilines is 1. The standard InChI is InChI=1S/C32H32FN5O2/c1-19-6-7-21-22(8-9-26(33)24(21)16-28(39)25-17-32(25)11-12-32)29(19)40-30-23(5-3-14-35-30)27-10-15-36-31(38-27)37-20-4-2-13-34-18-20/h3,5-10,14-15,20,25,34H,2,4,11-13,16-18H2,1H3,(H,36,37,38)/t20-,25-/m0/s1. The number of ketones is 1. The third kappa shape index (κ3) is 4.70. The Morgan fingerprint density at radius 1 is 1.12 bits per heavy atom. The fourth-order valence-electron chi connectivity index (χ4n) is 6.15. The van der Waals surface area contributed by atoms with Crippen molar-refractivity contribution in [3.63, 3.8) is 0 Å². The number of ether oxygens (including phenoxy) is 1. The van der Waals surface area contributed by atoms with Crippen molar-refractivity contribution in [3.8, 4) is 22.9 Å². The van der Waals surface area contributed by atoms with Crippen molar-refractivity contribution in [2.75, 3.05) is 18.4 Å². The maximum absolute atomic E-state index is 15.1. The molecular weight excluding hydrogens is 505 g/mol. The van der Waals surface area contributed by atoms with Gasteiger partial charge in [0.15, 0.2) is 0 Å². The zero-order valence-corrected chi connectivity index (χ0v) is 22.5. The molecule has 7 rings (SSSR count). The normalized spacial score (nSPS) is 20.9. The number of carbonyl (C=O) groups excluding carboxylic acids is 1. The molecule has 2 aliphatic carbocycles. The van der Waals surface area contributed by atoms with Crippen LogP contribution in [0, 0.1) is 24.1 Å². The van der Waals surface area contributed by atoms with E-state index in [4.69, 9.17) is 9.72 Å². The van der Waals surface area contributed by atoms with Crippen molar-refractivity contribution < 1.29 is 13.9 Å². The van der Waals surface area contributed by atoms with Crippen LogP contribution in [-0.4, -0.2) is 39.9 Å². The van der Waals surface area contributed by atoms with E-state index < -0.39 is 0 Å². The second-order valence-electron chi connectivity index (χ2n) is 11.5. The zero-order valence-electron chi connectivity index (χ0n) is 22.5. The Balaban J connectivity index is 1.20. The third-order valence-electron chi connectivity index (χ3n) is 8.76. The van der Waals surface area contributed by atoms with Crippen LogP contribution >= 0.6 is 0 Å². The summed E-state index contributed by atoms with van der Waals surface area (Å²) in [6.45, 7) is 3.87. The van der Waals surface area contributed by atoms with E-state index in [2.05, 4.69) is 20.6 Å². The Morgan fingerprint density at radius 3 is 2.80 bits per heavy atom. The number of rotatable bonds is 8. The lowest BCUT2D eigenvalue weighted by Gasteiger charge is -2.23. The van der Waals surface area contributed by atoms with E-state index in [1.54, 1.807) is 18.5 Å². The van der Waals surface area contributed by atoms with Gasteiger partial charge in [-0.1, -0.05) is 12.1 Å². The van der Waals surface area contributed by atoms with Gasteiger partial charge in [-0.25, -0.2) is 19.3 Å². The van der Waals surface area contributed by atoms with Crippen LogP contribution in [0.4, 0.5) is 10.3 Å². The Bertz CT molecular complexity index is 1610. The smallest absolute Gasteiger partial charge is 0.228 e. The molecule has 0 bridgehead atoms. The van der Waals surface area contributed by atoms with Crippen LogP contribution in [0.5, 0.6) is 11.6 Å². The fourth-order valence-corrected chi connectivity index (χ4v) is 6.15. The Labute approximate surface area is 232 Å². The van der Waals surface area contributed by atoms with Gasteiger partial charge in [0.2, 0.25) is 11.8 Å². The molecule has 40 heavy (non-hydrogen) atoms. The summed E-state index contributed by atoms with van der Waals surface area (Å²) in [5.74, 6) is 1.45. The minimum absolute atomic E-state index is 0.0982. The molecule has 2 N–H and O–H groups in total. The Kier molecular flexibility index (Phi) is 6.23. The highest BCUT2D eigenvalue weighted by Gasteiger charge is 2.65. The summed E-state index contributed by atoms with van der Waals surface area (Å²) in [7, 11) is 0. The molecule has 8 heteroatoms. The quantitative estimate of drug-likeness (QED) is 0.285. The molecule has 2 aromatic heterocycles. The first-order valence-corrected chi connectivity index (χ1v) is 14.2. The van der Waals surface area contributed by atoms with Crippen molar-refractivity contribution >= 4 is 22.5 Å². The van der Waals surface area contributed by atoms with Gasteiger partial charge in [0, 0.05) is 48.3 Å². The number of Topliss-reactive ketones (excluding diaryl/α,β-unsaturated/α-hetero) is 1. The number of hydrogen-bond acceptors (Lipinski definition) is 7. The maximum atomic E-state index is 15.1. The Hall–Kier alpha value is -3.91. The van der Waals surface area contributed by atoms with Crippen LogP contribution in [0.25, 0.3) is 22.0 Å². The zero-order chi connectivity index (χ0) is 27.3. The molecule has 3 aliphatic rings. The average Bonchev–Trinajstić information content (AvgIpc) is 3.91. The largest absolute Gasteiger partial charge is 0.437 e. The van der Waals surface area contributed by atoms with Crippen LogP contribution in [0.15, 0.2) is 54.9 Å². The van der Waals surface area contributed by atoms with Gasteiger partial charge in [-0.2, -0.15) is 0 Å². The third-order valence-corrected chi connectivity index (χ3v) is 8.76. The number of halogens is 1. The minimum atomic E-state index is -0.353. The van der Waals surface area contributed by atoms with Crippen LogP contribution in [0.1, 0.15) is 43.2 Å². The highest BCUT2D eigenvalue weighted by atomic mass is 19.1. The van der Waals surface area contributed by atoms with Crippen LogP contribution < -0.4 is 15.4 Å². The molecule has 2 saturated carbocycles. The molecule has 0 amide bonds. The van der Waals surface area contributed by atoms with Gasteiger partial charge < -0.3 is 15.4 Å². The van der Waals surface area contributed by atoms with Gasteiger partial charge in [-0.3, -0.25) is 4.79 Å². The average molecular weight is 538 g/mol. The van der Waals surface area contributed by atoms with E-state index in [1.165, 1.54) is 6.07 Å². The summed E-state index contributed by atoms with van der Waals surface area (Å²) in [6.07, 6.45) is 8.94. The van der Waals surface area contributed by atoms with Gasteiger partial charge in [-0.15, -0.1) is 0 Å². The first kappa shape index (κ1) is 25.1. The molecule has 7 nitrogen and oxygen atoms in total. The summed E-state index contributed by atoms with van der Waals surface area (Å²) in [5.41, 5.74) is 3.01. The predicted molar refractivity (Wildman–Crippen MR) is 152 cm³/mol.